The van der Waals surface area contributed by atoms with Crippen LogP contribution < -0.4 is 5.48 Å². The molecular weight excluding hydrogens is 500 g/mol. The first-order chi connectivity index (χ1) is 17.1. The van der Waals surface area contributed by atoms with E-state index in [1.807, 2.05) is 55.5 Å². The molecule has 0 amide bonds. The highest BCUT2D eigenvalue weighted by Gasteiger charge is 2.31. The van der Waals surface area contributed by atoms with Gasteiger partial charge in [-0.2, -0.15) is 10.5 Å². The molecule has 37 heavy (non-hydrogen) atoms. The smallest absolute Gasteiger partial charge is 0.355 e. The Bertz CT molecular complexity index is 802. The molecule has 0 aliphatic carbocycles. The number of aliphatic hydroxyl groups is 1. The first-order valence-corrected chi connectivity index (χ1v) is 13.7. The average molecular weight is 549 g/mol. The second-order valence-electron chi connectivity index (χ2n) is 11.1. The van der Waals surface area contributed by atoms with Crippen molar-refractivity contribution < 1.29 is 34.6 Å². The molecule has 0 unspecified atom stereocenters. The average Bonchev–Trinajstić information content (AvgIpc) is 3.29. The fourth-order valence-electron chi connectivity index (χ4n) is 3.40. The lowest BCUT2D eigenvalue weighted by Crippen LogP contribution is -2.50. The molecule has 1 aromatic rings. The molecule has 216 valence electrons. The van der Waals surface area contributed by atoms with Crippen molar-refractivity contribution in [2.45, 2.75) is 105 Å². The Morgan fingerprint density at radius 2 is 1.76 bits per heavy atom. The summed E-state index contributed by atoms with van der Waals surface area (Å²) in [5, 5.41) is 25.0. The van der Waals surface area contributed by atoms with Gasteiger partial charge in [-0.15, -0.1) is 21.4 Å². The molecule has 0 fully saturated rings. The summed E-state index contributed by atoms with van der Waals surface area (Å²) in [6.45, 7) is 17.9. The first kappa shape index (κ1) is 33.8. The number of carboxylic acids is 1. The predicted molar refractivity (Wildman–Crippen MR) is 142 cm³/mol. The van der Waals surface area contributed by atoms with Gasteiger partial charge < -0.3 is 10.2 Å². The van der Waals surface area contributed by atoms with Gasteiger partial charge in [0.25, 0.3) is 0 Å². The summed E-state index contributed by atoms with van der Waals surface area (Å²) < 4.78 is 0. The number of aromatic nitrogens is 1. The number of carboxylic acid groups (broad SMARTS) is 1. The van der Waals surface area contributed by atoms with Crippen molar-refractivity contribution >= 4 is 17.3 Å². The molecular formula is C25H48N4O7S. The predicted octanol–water partition coefficient (Wildman–Crippen LogP) is 4.62. The molecule has 5 atom stereocenters. The van der Waals surface area contributed by atoms with E-state index < -0.39 is 30.1 Å². The summed E-state index contributed by atoms with van der Waals surface area (Å²) in [7, 11) is 3.57. The van der Waals surface area contributed by atoms with Crippen molar-refractivity contribution in [3.63, 3.8) is 0 Å². The van der Waals surface area contributed by atoms with Crippen LogP contribution in [0, 0.1) is 17.8 Å². The second-order valence-corrected chi connectivity index (χ2v) is 12.0. The summed E-state index contributed by atoms with van der Waals surface area (Å²) in [4.78, 5) is 38.4. The summed E-state index contributed by atoms with van der Waals surface area (Å²) in [5.41, 5.74) is 2.54. The van der Waals surface area contributed by atoms with Crippen molar-refractivity contribution in [1.29, 1.82) is 0 Å². The number of thiazole rings is 1. The maximum Gasteiger partial charge on any atom is 0.355 e. The monoisotopic (exact) mass is 548 g/mol. The summed E-state index contributed by atoms with van der Waals surface area (Å²) in [5.74, 6) is -0.806. The fourth-order valence-corrected chi connectivity index (χ4v) is 4.19. The van der Waals surface area contributed by atoms with E-state index >= 15 is 0 Å². The Balaban J connectivity index is 2.90. The molecule has 1 heterocycles. The molecule has 0 radical (unpaired) electrons. The standard InChI is InChI=1S/C25H48N4O7S/c1-12-17(6)21(27-33-23(16(4)5)29(11)36-35-25(7,8)9)34-28(10)19(15(2)3)13-20(30)22-26-18(14-37-22)24(31)32/h14-17,19-21,23,27,30H,12-13H2,1-11H3,(H,31,32)/t17-,19+,20+,21-,23-/m0/s1. The Morgan fingerprint density at radius 3 is 2.22 bits per heavy atom. The molecule has 1 rings (SSSR count). The zero-order valence-electron chi connectivity index (χ0n) is 24.2. The molecule has 0 saturated heterocycles. The Hall–Kier alpha value is -1.22. The van der Waals surface area contributed by atoms with E-state index in [1.54, 1.807) is 12.1 Å². The molecule has 0 aliphatic rings. The fraction of sp³-hybridized carbons (Fsp3) is 0.840. The van der Waals surface area contributed by atoms with Crippen LogP contribution in [0.1, 0.15) is 96.8 Å². The number of nitrogens with one attached hydrogen (secondary N) is 1. The van der Waals surface area contributed by atoms with Crippen molar-refractivity contribution in [1.82, 2.24) is 20.6 Å². The van der Waals surface area contributed by atoms with E-state index in [9.17, 15) is 9.90 Å². The number of carbonyl (C=O) groups is 1. The minimum Gasteiger partial charge on any atom is -0.476 e. The van der Waals surface area contributed by atoms with Gasteiger partial charge in [0.05, 0.1) is 5.60 Å². The maximum absolute atomic E-state index is 11.2. The first-order valence-electron chi connectivity index (χ1n) is 12.8. The minimum absolute atomic E-state index is 0.0653. The van der Waals surface area contributed by atoms with Gasteiger partial charge in [-0.3, -0.25) is 9.68 Å². The van der Waals surface area contributed by atoms with Crippen molar-refractivity contribution in [3.8, 4) is 0 Å². The topological polar surface area (TPSA) is 126 Å². The zero-order chi connectivity index (χ0) is 28.5. The highest BCUT2D eigenvalue weighted by Crippen LogP contribution is 2.28. The van der Waals surface area contributed by atoms with Crippen LogP contribution in [0.25, 0.3) is 0 Å². The summed E-state index contributed by atoms with van der Waals surface area (Å²) in [6.07, 6.45) is -0.692. The SMILES string of the molecule is CC[C@H](C)[C@@H](NO[C@@H](C(C)C)N(C)OOC(C)(C)C)ON(C)[C@H](C[C@@H](O)c1nc(C(=O)O)cs1)C(C)C. The highest BCUT2D eigenvalue weighted by molar-refractivity contribution is 7.09. The molecule has 12 heteroatoms. The molecule has 0 bridgehead atoms. The number of aliphatic hydroxyl groups excluding tert-OH is 1. The van der Waals surface area contributed by atoms with Crippen LogP contribution in [0.2, 0.25) is 0 Å². The van der Waals surface area contributed by atoms with Crippen molar-refractivity contribution in [2.24, 2.45) is 17.8 Å². The Kier molecular flexibility index (Phi) is 14.1. The van der Waals surface area contributed by atoms with Crippen molar-refractivity contribution in [2.75, 3.05) is 14.1 Å². The Labute approximate surface area is 225 Å². The van der Waals surface area contributed by atoms with E-state index in [2.05, 4.69) is 24.3 Å². The molecule has 0 aliphatic heterocycles. The number of aromatic carboxylic acids is 1. The Morgan fingerprint density at radius 1 is 1.14 bits per heavy atom. The van der Waals surface area contributed by atoms with Crippen molar-refractivity contribution in [3.05, 3.63) is 16.1 Å². The molecule has 11 nitrogen and oxygen atoms in total. The lowest BCUT2D eigenvalue weighted by Gasteiger charge is -2.37. The van der Waals surface area contributed by atoms with Gasteiger partial charge in [-0.25, -0.2) is 14.7 Å². The van der Waals surface area contributed by atoms with Gasteiger partial charge in [0.1, 0.15) is 11.1 Å². The number of hydrogen-bond acceptors (Lipinski definition) is 11. The summed E-state index contributed by atoms with van der Waals surface area (Å²) in [6, 6.07) is -0.173. The molecule has 0 spiro atoms. The van der Waals surface area contributed by atoms with Gasteiger partial charge in [0.2, 0.25) is 0 Å². The van der Waals surface area contributed by atoms with Crippen LogP contribution >= 0.6 is 11.3 Å². The molecule has 3 N–H and O–H groups in total. The van der Waals surface area contributed by atoms with E-state index in [-0.39, 0.29) is 29.5 Å². The lowest BCUT2D eigenvalue weighted by atomic mass is 9.98. The third kappa shape index (κ3) is 11.6. The van der Waals surface area contributed by atoms with E-state index in [0.717, 1.165) is 17.8 Å². The minimum atomic E-state index is -1.11. The van der Waals surface area contributed by atoms with Crippen LogP contribution in [0.15, 0.2) is 5.38 Å². The second kappa shape index (κ2) is 15.4. The maximum atomic E-state index is 11.2. The largest absolute Gasteiger partial charge is 0.476 e. The van der Waals surface area contributed by atoms with Crippen LogP contribution in [-0.4, -0.2) is 69.5 Å². The van der Waals surface area contributed by atoms with E-state index in [1.165, 1.54) is 10.4 Å². The van der Waals surface area contributed by atoms with Crippen LogP contribution in [-0.2, 0) is 19.6 Å². The van der Waals surface area contributed by atoms with E-state index in [4.69, 9.17) is 24.7 Å². The van der Waals surface area contributed by atoms with Crippen LogP contribution in [0.3, 0.4) is 0 Å². The van der Waals surface area contributed by atoms with Gasteiger partial charge in [0, 0.05) is 25.5 Å². The number of hydrogen-bond donors (Lipinski definition) is 3. The number of rotatable bonds is 17. The van der Waals surface area contributed by atoms with E-state index in [0.29, 0.717) is 11.4 Å². The third-order valence-electron chi connectivity index (χ3n) is 5.81. The molecule has 0 saturated carbocycles. The van der Waals surface area contributed by atoms with Gasteiger partial charge in [0.15, 0.2) is 18.1 Å². The zero-order valence-corrected chi connectivity index (χ0v) is 25.0. The molecule has 1 aromatic heterocycles. The quantitative estimate of drug-likeness (QED) is 0.143. The summed E-state index contributed by atoms with van der Waals surface area (Å²) >= 11 is 1.14. The lowest BCUT2D eigenvalue weighted by molar-refractivity contribution is -0.485. The molecule has 0 aromatic carbocycles. The normalized spacial score (nSPS) is 17.0. The van der Waals surface area contributed by atoms with Crippen LogP contribution in [0.4, 0.5) is 0 Å². The van der Waals surface area contributed by atoms with Gasteiger partial charge >= 0.3 is 5.97 Å². The third-order valence-corrected chi connectivity index (χ3v) is 6.75. The van der Waals surface area contributed by atoms with Gasteiger partial charge in [-0.05, 0) is 51.4 Å². The van der Waals surface area contributed by atoms with Gasteiger partial charge in [-0.1, -0.05) is 41.5 Å². The number of nitrogens with zero attached hydrogens (tertiary/aromatic N) is 3. The van der Waals surface area contributed by atoms with Crippen LogP contribution in [0.5, 0.6) is 0 Å². The number of hydroxylamine groups is 5. The highest BCUT2D eigenvalue weighted by atomic mass is 32.1.